The Hall–Kier alpha value is -3.78. The monoisotopic (exact) mass is 504 g/mol. The molecule has 0 aliphatic carbocycles. The summed E-state index contributed by atoms with van der Waals surface area (Å²) in [6, 6.07) is 16.9. The Balaban J connectivity index is 1.38. The van der Waals surface area contributed by atoms with Crippen LogP contribution >= 0.6 is 0 Å². The number of hydrogen-bond donors (Lipinski definition) is 0. The van der Waals surface area contributed by atoms with Gasteiger partial charge in [-0.05, 0) is 68.1 Å². The van der Waals surface area contributed by atoms with E-state index < -0.39 is 0 Å². The van der Waals surface area contributed by atoms with Gasteiger partial charge in [0.25, 0.3) is 5.91 Å². The van der Waals surface area contributed by atoms with E-state index in [4.69, 9.17) is 18.6 Å². The van der Waals surface area contributed by atoms with Crippen LogP contribution in [0.4, 0.5) is 0 Å². The van der Waals surface area contributed by atoms with Crippen LogP contribution in [-0.4, -0.2) is 54.2 Å². The van der Waals surface area contributed by atoms with Crippen molar-refractivity contribution in [2.24, 2.45) is 0 Å². The quantitative estimate of drug-likeness (QED) is 0.428. The van der Waals surface area contributed by atoms with E-state index in [-0.39, 0.29) is 37.8 Å². The second-order valence-electron chi connectivity index (χ2n) is 9.59. The van der Waals surface area contributed by atoms with Crippen molar-refractivity contribution in [3.8, 4) is 11.5 Å². The summed E-state index contributed by atoms with van der Waals surface area (Å²) in [7, 11) is 0. The molecule has 1 saturated heterocycles. The summed E-state index contributed by atoms with van der Waals surface area (Å²) in [5.74, 6) is 2.47. The highest BCUT2D eigenvalue weighted by Gasteiger charge is 2.28. The number of ether oxygens (including phenoxy) is 3. The lowest BCUT2D eigenvalue weighted by Crippen LogP contribution is -2.45. The van der Waals surface area contributed by atoms with Crippen LogP contribution in [-0.2, 0) is 22.6 Å². The maximum Gasteiger partial charge on any atom is 0.254 e. The predicted octanol–water partition coefficient (Wildman–Crippen LogP) is 4.48. The molecule has 2 aromatic carbocycles. The molecule has 0 spiro atoms. The molecule has 8 heteroatoms. The summed E-state index contributed by atoms with van der Waals surface area (Å²) in [4.78, 5) is 30.7. The Bertz CT molecular complexity index is 1260. The molecule has 8 nitrogen and oxygen atoms in total. The molecule has 3 aromatic rings. The molecule has 0 bridgehead atoms. The van der Waals surface area contributed by atoms with E-state index in [1.165, 1.54) is 0 Å². The highest BCUT2D eigenvalue weighted by molar-refractivity contribution is 5.97. The third-order valence-corrected chi connectivity index (χ3v) is 6.74. The van der Waals surface area contributed by atoms with Crippen molar-refractivity contribution >= 4 is 11.8 Å². The molecule has 0 radical (unpaired) electrons. The van der Waals surface area contributed by atoms with Crippen molar-refractivity contribution in [2.45, 2.75) is 45.9 Å². The number of hydrogen-bond acceptors (Lipinski definition) is 6. The highest BCUT2D eigenvalue weighted by Crippen LogP contribution is 2.33. The molecule has 0 saturated carbocycles. The number of benzene rings is 2. The molecular formula is C29H32N2O6. The number of carbonyl (C=O) groups excluding carboxylic acids is 2. The van der Waals surface area contributed by atoms with Gasteiger partial charge in [-0.15, -0.1) is 0 Å². The summed E-state index contributed by atoms with van der Waals surface area (Å²) in [5, 5.41) is 0. The fourth-order valence-corrected chi connectivity index (χ4v) is 4.75. The first-order valence-corrected chi connectivity index (χ1v) is 12.6. The molecule has 194 valence electrons. The second-order valence-corrected chi connectivity index (χ2v) is 9.59. The van der Waals surface area contributed by atoms with Crippen LogP contribution in [0.5, 0.6) is 11.5 Å². The van der Waals surface area contributed by atoms with Gasteiger partial charge in [-0.2, -0.15) is 0 Å². The van der Waals surface area contributed by atoms with Crippen molar-refractivity contribution in [2.75, 3.05) is 26.5 Å². The van der Waals surface area contributed by atoms with Crippen LogP contribution < -0.4 is 9.47 Å². The number of amides is 2. The molecule has 1 atom stereocenters. The first-order chi connectivity index (χ1) is 18.0. The number of carbonyl (C=O) groups is 2. The molecule has 37 heavy (non-hydrogen) atoms. The van der Waals surface area contributed by atoms with Gasteiger partial charge in [0.2, 0.25) is 12.7 Å². The Morgan fingerprint density at radius 1 is 0.946 bits per heavy atom. The van der Waals surface area contributed by atoms with Crippen LogP contribution in [0.2, 0.25) is 0 Å². The lowest BCUT2D eigenvalue weighted by atomic mass is 10.1. The highest BCUT2D eigenvalue weighted by atomic mass is 16.7. The van der Waals surface area contributed by atoms with Crippen LogP contribution in [0, 0.1) is 13.8 Å². The minimum Gasteiger partial charge on any atom is -0.464 e. The van der Waals surface area contributed by atoms with Gasteiger partial charge in [-0.25, -0.2) is 0 Å². The minimum atomic E-state index is -0.174. The van der Waals surface area contributed by atoms with Gasteiger partial charge in [0, 0.05) is 25.3 Å². The smallest absolute Gasteiger partial charge is 0.254 e. The van der Waals surface area contributed by atoms with Crippen LogP contribution in [0.25, 0.3) is 0 Å². The Morgan fingerprint density at radius 2 is 1.78 bits per heavy atom. The lowest BCUT2D eigenvalue weighted by Gasteiger charge is -2.29. The van der Waals surface area contributed by atoms with Crippen LogP contribution in [0.1, 0.15) is 45.8 Å². The number of fused-ring (bicyclic) bond motifs is 1. The van der Waals surface area contributed by atoms with Gasteiger partial charge in [-0.1, -0.05) is 24.3 Å². The van der Waals surface area contributed by atoms with Crippen molar-refractivity contribution < 1.29 is 28.2 Å². The summed E-state index contributed by atoms with van der Waals surface area (Å²) in [6.45, 7) is 5.58. The number of furan rings is 1. The van der Waals surface area contributed by atoms with E-state index in [2.05, 4.69) is 0 Å². The van der Waals surface area contributed by atoms with Crippen molar-refractivity contribution in [1.82, 2.24) is 9.80 Å². The first-order valence-electron chi connectivity index (χ1n) is 12.6. The van der Waals surface area contributed by atoms with Gasteiger partial charge in [0.05, 0.1) is 12.6 Å². The fraction of sp³-hybridized carbons (Fsp3) is 0.379. The predicted molar refractivity (Wildman–Crippen MR) is 136 cm³/mol. The summed E-state index contributed by atoms with van der Waals surface area (Å²) in [6.07, 6.45) is 1.76. The molecule has 3 heterocycles. The van der Waals surface area contributed by atoms with Gasteiger partial charge in [0.1, 0.15) is 18.1 Å². The fourth-order valence-electron chi connectivity index (χ4n) is 4.75. The van der Waals surface area contributed by atoms with Gasteiger partial charge >= 0.3 is 0 Å². The Kier molecular flexibility index (Phi) is 7.46. The average molecular weight is 505 g/mol. The van der Waals surface area contributed by atoms with Crippen LogP contribution in [0.15, 0.2) is 59.0 Å². The maximum atomic E-state index is 13.8. The molecule has 1 unspecified atom stereocenters. The molecule has 0 N–H and O–H groups in total. The zero-order chi connectivity index (χ0) is 25.8. The average Bonchev–Trinajstić information content (AvgIpc) is 3.65. The van der Waals surface area contributed by atoms with Gasteiger partial charge in [-0.3, -0.25) is 9.59 Å². The number of aryl methyl sites for hydroxylation is 2. The SMILES string of the molecule is Cc1ccc(CN(Cc2ccc3c(c2)OCO3)C(=O)CN(CC2CCCO2)C(=O)c2ccccc2C)o1. The number of rotatable bonds is 9. The van der Waals surface area contributed by atoms with Crippen molar-refractivity contribution in [3.63, 3.8) is 0 Å². The third kappa shape index (κ3) is 5.97. The summed E-state index contributed by atoms with van der Waals surface area (Å²) < 4.78 is 22.5. The normalized spacial score (nSPS) is 16.1. The van der Waals surface area contributed by atoms with E-state index in [1.807, 2.05) is 62.4 Å². The molecule has 2 aliphatic rings. The topological polar surface area (TPSA) is 81.5 Å². The summed E-state index contributed by atoms with van der Waals surface area (Å²) >= 11 is 0. The zero-order valence-corrected chi connectivity index (χ0v) is 21.3. The molecule has 2 amide bonds. The van der Waals surface area contributed by atoms with E-state index in [0.29, 0.717) is 42.5 Å². The zero-order valence-electron chi connectivity index (χ0n) is 21.3. The molecule has 1 fully saturated rings. The Labute approximate surface area is 216 Å². The molecule has 5 rings (SSSR count). The van der Waals surface area contributed by atoms with Crippen LogP contribution in [0.3, 0.4) is 0 Å². The van der Waals surface area contributed by atoms with Gasteiger partial charge in [0.15, 0.2) is 11.5 Å². The third-order valence-electron chi connectivity index (χ3n) is 6.74. The summed E-state index contributed by atoms with van der Waals surface area (Å²) in [5.41, 5.74) is 2.37. The minimum absolute atomic E-state index is 0.0583. The molecule has 1 aromatic heterocycles. The standard InChI is InChI=1S/C29H32N2O6/c1-20-6-3-4-8-25(20)29(33)31(16-23-7-5-13-34-23)18-28(32)30(17-24-11-9-21(2)37-24)15-22-10-12-26-27(14-22)36-19-35-26/h3-4,6,8-12,14,23H,5,7,13,15-19H2,1-2H3. The second kappa shape index (κ2) is 11.1. The number of nitrogens with zero attached hydrogens (tertiary/aromatic N) is 2. The van der Waals surface area contributed by atoms with E-state index in [1.54, 1.807) is 15.9 Å². The van der Waals surface area contributed by atoms with Gasteiger partial charge < -0.3 is 28.4 Å². The first kappa shape index (κ1) is 24.9. The largest absolute Gasteiger partial charge is 0.464 e. The molecular weight excluding hydrogens is 472 g/mol. The molecule has 2 aliphatic heterocycles. The van der Waals surface area contributed by atoms with E-state index in [9.17, 15) is 9.59 Å². The Morgan fingerprint density at radius 3 is 2.54 bits per heavy atom. The van der Waals surface area contributed by atoms with E-state index in [0.717, 1.165) is 29.7 Å². The lowest BCUT2D eigenvalue weighted by molar-refractivity contribution is -0.133. The maximum absolute atomic E-state index is 13.8. The van der Waals surface area contributed by atoms with Crippen molar-refractivity contribution in [3.05, 3.63) is 82.8 Å². The van der Waals surface area contributed by atoms with E-state index >= 15 is 0 Å². The van der Waals surface area contributed by atoms with Crippen molar-refractivity contribution in [1.29, 1.82) is 0 Å².